The summed E-state index contributed by atoms with van der Waals surface area (Å²) in [5.41, 5.74) is -0.0112. The molecule has 1 rings (SSSR count). The molecule has 4 nitrogen and oxygen atoms in total. The second-order valence-corrected chi connectivity index (χ2v) is 2.86. The Labute approximate surface area is 76.0 Å². The Hall–Kier alpha value is -0.850. The molecule has 0 aromatic carbocycles. The van der Waals surface area contributed by atoms with Crippen molar-refractivity contribution in [1.29, 1.82) is 0 Å². The Morgan fingerprint density at radius 1 is 1.64 bits per heavy atom. The number of rotatable bonds is 1. The number of hydrogen-bond donors (Lipinski definition) is 2. The summed E-state index contributed by atoms with van der Waals surface area (Å²) in [6.07, 6.45) is 1.20. The molecular weight excluding hydrogens is 261 g/mol. The number of aromatic carboxylic acids is 1. The molecule has 0 aliphatic rings. The molecule has 0 bridgehead atoms. The first-order valence-corrected chi connectivity index (χ1v) is 3.77. The van der Waals surface area contributed by atoms with Crippen LogP contribution in [0.2, 0.25) is 0 Å². The van der Waals surface area contributed by atoms with Gasteiger partial charge in [0.15, 0.2) is 0 Å². The summed E-state index contributed by atoms with van der Waals surface area (Å²) in [6.45, 7) is 0. The van der Waals surface area contributed by atoms with E-state index in [1.165, 1.54) is 6.20 Å². The van der Waals surface area contributed by atoms with Crippen molar-refractivity contribution in [2.45, 2.75) is 0 Å². The van der Waals surface area contributed by atoms with Crippen LogP contribution < -0.4 is 0 Å². The summed E-state index contributed by atoms with van der Waals surface area (Å²) < 4.78 is 0.396. The maximum Gasteiger partial charge on any atom is 0.337 e. The monoisotopic (exact) mass is 265 g/mol. The minimum Gasteiger partial charge on any atom is -0.505 e. The van der Waals surface area contributed by atoms with Gasteiger partial charge in [0.05, 0.1) is 5.56 Å². The lowest BCUT2D eigenvalue weighted by molar-refractivity contribution is 0.0696. The highest BCUT2D eigenvalue weighted by Crippen LogP contribution is 2.17. The second kappa shape index (κ2) is 3.04. The van der Waals surface area contributed by atoms with Crippen LogP contribution in [0.25, 0.3) is 0 Å². The van der Waals surface area contributed by atoms with Crippen molar-refractivity contribution in [2.75, 3.05) is 0 Å². The molecule has 0 aliphatic carbocycles. The molecule has 1 aromatic rings. The van der Waals surface area contributed by atoms with E-state index in [1.807, 2.05) is 22.6 Å². The van der Waals surface area contributed by atoms with E-state index in [1.54, 1.807) is 0 Å². The third-order valence-electron chi connectivity index (χ3n) is 1.07. The van der Waals surface area contributed by atoms with Crippen LogP contribution in [-0.2, 0) is 0 Å². The van der Waals surface area contributed by atoms with Gasteiger partial charge in [0, 0.05) is 6.20 Å². The van der Waals surface area contributed by atoms with Crippen LogP contribution in [0.3, 0.4) is 0 Å². The molecule has 11 heavy (non-hydrogen) atoms. The summed E-state index contributed by atoms with van der Waals surface area (Å²) in [5.74, 6) is -1.20. The van der Waals surface area contributed by atoms with E-state index in [4.69, 9.17) is 10.2 Å². The lowest BCUT2D eigenvalue weighted by atomic mass is 10.3. The van der Waals surface area contributed by atoms with Crippen LogP contribution in [0.1, 0.15) is 10.4 Å². The Bertz CT molecular complexity index is 300. The van der Waals surface area contributed by atoms with E-state index < -0.39 is 5.97 Å². The molecule has 0 unspecified atom stereocenters. The molecule has 2 N–H and O–H groups in total. The van der Waals surface area contributed by atoms with Crippen LogP contribution in [0.4, 0.5) is 0 Å². The first kappa shape index (κ1) is 8.25. The molecule has 1 aromatic heterocycles. The standard InChI is InChI=1S/C6H4INO3/c7-5-4(9)1-3(2-8-5)6(10)11/h1-2,9H,(H,10,11). The molecule has 1 heterocycles. The van der Waals surface area contributed by atoms with Crippen LogP contribution >= 0.6 is 22.6 Å². The second-order valence-electron chi connectivity index (χ2n) is 1.84. The lowest BCUT2D eigenvalue weighted by Crippen LogP contribution is -1.97. The quantitative estimate of drug-likeness (QED) is 0.589. The first-order valence-electron chi connectivity index (χ1n) is 2.69. The SMILES string of the molecule is O=C(O)c1cnc(I)c(O)c1. The first-order chi connectivity index (χ1) is 5.11. The topological polar surface area (TPSA) is 70.4 Å². The molecule has 0 saturated heterocycles. The van der Waals surface area contributed by atoms with Crippen molar-refractivity contribution < 1.29 is 15.0 Å². The van der Waals surface area contributed by atoms with Crippen molar-refractivity contribution in [1.82, 2.24) is 4.98 Å². The third kappa shape index (κ3) is 1.79. The fourth-order valence-electron chi connectivity index (χ4n) is 0.553. The fraction of sp³-hybridized carbons (Fsp3) is 0. The highest BCUT2D eigenvalue weighted by atomic mass is 127. The molecule has 0 aliphatic heterocycles. The highest BCUT2D eigenvalue weighted by molar-refractivity contribution is 14.1. The van der Waals surface area contributed by atoms with Gasteiger partial charge in [0.1, 0.15) is 9.45 Å². The summed E-state index contributed by atoms with van der Waals surface area (Å²) in [4.78, 5) is 14.0. The van der Waals surface area contributed by atoms with Gasteiger partial charge in [-0.2, -0.15) is 0 Å². The number of halogens is 1. The molecule has 0 spiro atoms. The number of carboxylic acids is 1. The number of carbonyl (C=O) groups is 1. The highest BCUT2D eigenvalue weighted by Gasteiger charge is 2.05. The smallest absolute Gasteiger partial charge is 0.337 e. The zero-order valence-corrected chi connectivity index (χ0v) is 7.44. The number of nitrogens with zero attached hydrogens (tertiary/aromatic N) is 1. The zero-order valence-electron chi connectivity index (χ0n) is 5.28. The summed E-state index contributed by atoms with van der Waals surface area (Å²) in [5, 5.41) is 17.5. The molecular formula is C6H4INO3. The van der Waals surface area contributed by atoms with Gasteiger partial charge in [0.25, 0.3) is 0 Å². The minimum absolute atomic E-state index is 0.0112. The van der Waals surface area contributed by atoms with Crippen LogP contribution in [0.5, 0.6) is 5.75 Å². The Kier molecular flexibility index (Phi) is 2.28. The average Bonchev–Trinajstić information content (AvgIpc) is 1.94. The van der Waals surface area contributed by atoms with E-state index >= 15 is 0 Å². The summed E-state index contributed by atoms with van der Waals surface area (Å²) in [6, 6.07) is 1.16. The van der Waals surface area contributed by atoms with Gasteiger partial charge < -0.3 is 10.2 Å². The van der Waals surface area contributed by atoms with E-state index in [2.05, 4.69) is 4.98 Å². The van der Waals surface area contributed by atoms with Crippen molar-refractivity contribution in [3.8, 4) is 5.75 Å². The number of carboxylic acid groups (broad SMARTS) is 1. The molecule has 5 heteroatoms. The third-order valence-corrected chi connectivity index (χ3v) is 1.90. The summed E-state index contributed by atoms with van der Waals surface area (Å²) in [7, 11) is 0. The Morgan fingerprint density at radius 2 is 2.27 bits per heavy atom. The van der Waals surface area contributed by atoms with Gasteiger partial charge in [0.2, 0.25) is 0 Å². The van der Waals surface area contributed by atoms with Gasteiger partial charge in [-0.3, -0.25) is 0 Å². The van der Waals surface area contributed by atoms with E-state index in [9.17, 15) is 4.79 Å². The predicted molar refractivity (Wildman–Crippen MR) is 45.6 cm³/mol. The number of aromatic nitrogens is 1. The van der Waals surface area contributed by atoms with Crippen LogP contribution in [0, 0.1) is 3.70 Å². The van der Waals surface area contributed by atoms with Gasteiger partial charge in [-0.1, -0.05) is 0 Å². The van der Waals surface area contributed by atoms with Crippen molar-refractivity contribution in [2.24, 2.45) is 0 Å². The Morgan fingerprint density at radius 3 is 2.73 bits per heavy atom. The molecule has 58 valence electrons. The van der Waals surface area contributed by atoms with Gasteiger partial charge in [-0.25, -0.2) is 9.78 Å². The summed E-state index contributed by atoms with van der Waals surface area (Å²) >= 11 is 1.81. The normalized spacial score (nSPS) is 9.55. The molecule has 0 atom stereocenters. The largest absolute Gasteiger partial charge is 0.505 e. The van der Waals surface area contributed by atoms with Gasteiger partial charge in [-0.05, 0) is 28.7 Å². The number of hydrogen-bond acceptors (Lipinski definition) is 3. The predicted octanol–water partition coefficient (Wildman–Crippen LogP) is 1.09. The van der Waals surface area contributed by atoms with E-state index in [0.29, 0.717) is 3.70 Å². The van der Waals surface area contributed by atoms with Gasteiger partial charge >= 0.3 is 5.97 Å². The van der Waals surface area contributed by atoms with E-state index in [-0.39, 0.29) is 11.3 Å². The fourth-order valence-corrected chi connectivity index (χ4v) is 0.848. The van der Waals surface area contributed by atoms with Crippen LogP contribution in [0.15, 0.2) is 12.3 Å². The molecule has 0 fully saturated rings. The van der Waals surface area contributed by atoms with E-state index in [0.717, 1.165) is 6.07 Å². The molecule has 0 amide bonds. The molecule has 0 saturated carbocycles. The average molecular weight is 265 g/mol. The Balaban J connectivity index is 3.15. The van der Waals surface area contributed by atoms with Crippen molar-refractivity contribution in [3.05, 3.63) is 21.5 Å². The lowest BCUT2D eigenvalue weighted by Gasteiger charge is -1.96. The number of aromatic hydroxyl groups is 1. The number of pyridine rings is 1. The van der Waals surface area contributed by atoms with Crippen molar-refractivity contribution >= 4 is 28.6 Å². The minimum atomic E-state index is -1.09. The zero-order chi connectivity index (χ0) is 8.43. The molecule has 0 radical (unpaired) electrons. The van der Waals surface area contributed by atoms with Crippen molar-refractivity contribution in [3.63, 3.8) is 0 Å². The maximum atomic E-state index is 10.3. The maximum absolute atomic E-state index is 10.3. The van der Waals surface area contributed by atoms with Gasteiger partial charge in [-0.15, -0.1) is 0 Å². The van der Waals surface area contributed by atoms with Crippen LogP contribution in [-0.4, -0.2) is 21.2 Å².